The van der Waals surface area contributed by atoms with Gasteiger partial charge in [-0.2, -0.15) is 0 Å². The highest BCUT2D eigenvalue weighted by molar-refractivity contribution is 7.52. The molecule has 0 aliphatic heterocycles. The van der Waals surface area contributed by atoms with Gasteiger partial charge in [-0.05, 0) is 25.1 Å². The van der Waals surface area contributed by atoms with Gasteiger partial charge < -0.3 is 18.6 Å². The molecule has 0 bridgehead atoms. The Hall–Kier alpha value is -2.41. The van der Waals surface area contributed by atoms with Gasteiger partial charge in [-0.25, -0.2) is 14.2 Å². The molecular weight excluding hydrogens is 281 g/mol. The number of carboxylic acid groups (broad SMARTS) is 1. The summed E-state index contributed by atoms with van der Waals surface area (Å²) in [6, 6.07) is 2.29. The minimum atomic E-state index is -4.72. The number of carboxylic acids is 1. The Morgan fingerprint density at radius 3 is 2.74 bits per heavy atom. The van der Waals surface area contributed by atoms with Crippen LogP contribution in [0.25, 0.3) is 0 Å². The van der Waals surface area contributed by atoms with Crippen LogP contribution in [-0.2, 0) is 13.9 Å². The minimum absolute atomic E-state index is 0.591. The van der Waals surface area contributed by atoms with Crippen molar-refractivity contribution in [2.45, 2.75) is 6.92 Å². The third-order valence-corrected chi connectivity index (χ3v) is 2.76. The van der Waals surface area contributed by atoms with Crippen LogP contribution >= 0.6 is 7.75 Å². The topological polar surface area (TPSA) is 132 Å². The number of nitrogens with zero attached hydrogens (tertiary/aromatic N) is 1. The fourth-order valence-electron chi connectivity index (χ4n) is 0.937. The van der Waals surface area contributed by atoms with E-state index in [2.05, 4.69) is 18.4 Å². The first-order valence-electron chi connectivity index (χ1n) is 4.73. The maximum Gasteiger partial charge on any atom is 0.600 e. The molecule has 0 radical (unpaired) electrons. The predicted molar refractivity (Wildman–Crippen MR) is 61.5 cm³/mol. The standard InChI is InChI=1S/C9H8NO8P/c1-2-6(8(11)12)17-19(15,10-14)18-7-4-3-5-16-9(7)13/h2-5H,1H3,(H,11,12)/b6-2+. The molecule has 1 rings (SSSR count). The largest absolute Gasteiger partial charge is 0.600 e. The molecule has 9 nitrogen and oxygen atoms in total. The Balaban J connectivity index is 3.03. The van der Waals surface area contributed by atoms with Gasteiger partial charge in [-0.15, -0.1) is 4.91 Å². The summed E-state index contributed by atoms with van der Waals surface area (Å²) in [7, 11) is -4.72. The molecule has 1 aromatic rings. The third-order valence-electron chi connectivity index (χ3n) is 1.70. The Morgan fingerprint density at radius 1 is 1.58 bits per heavy atom. The molecule has 1 N–H and O–H groups in total. The lowest BCUT2D eigenvalue weighted by atomic mass is 10.5. The maximum absolute atomic E-state index is 11.8. The monoisotopic (exact) mass is 289 g/mol. The highest BCUT2D eigenvalue weighted by Crippen LogP contribution is 2.50. The van der Waals surface area contributed by atoms with Crippen molar-refractivity contribution in [3.63, 3.8) is 0 Å². The summed E-state index contributed by atoms with van der Waals surface area (Å²) in [4.78, 5) is 34.4. The van der Waals surface area contributed by atoms with Gasteiger partial charge >= 0.3 is 19.3 Å². The van der Waals surface area contributed by atoms with Crippen LogP contribution in [0.4, 0.5) is 0 Å². The molecule has 1 unspecified atom stereocenters. The average Bonchev–Trinajstić information content (AvgIpc) is 2.38. The molecule has 0 spiro atoms. The third kappa shape index (κ3) is 3.78. The number of hydrogen-bond donors (Lipinski definition) is 1. The molecule has 0 aromatic carbocycles. The van der Waals surface area contributed by atoms with Crippen molar-refractivity contribution in [1.29, 1.82) is 0 Å². The summed E-state index contributed by atoms with van der Waals surface area (Å²) in [6.45, 7) is 1.27. The normalized spacial score (nSPS) is 14.3. The van der Waals surface area contributed by atoms with Gasteiger partial charge in [0, 0.05) is 0 Å². The number of nitroso groups, excluding NO2 is 1. The average molecular weight is 289 g/mol. The zero-order valence-corrected chi connectivity index (χ0v) is 10.4. The maximum atomic E-state index is 11.8. The van der Waals surface area contributed by atoms with Crippen LogP contribution in [-0.4, -0.2) is 11.1 Å². The van der Waals surface area contributed by atoms with Crippen LogP contribution in [0.3, 0.4) is 0 Å². The number of carbonyl (C=O) groups is 1. The van der Waals surface area contributed by atoms with E-state index in [-0.39, 0.29) is 0 Å². The van der Waals surface area contributed by atoms with Crippen molar-refractivity contribution in [2.75, 3.05) is 0 Å². The van der Waals surface area contributed by atoms with Gasteiger partial charge in [0.1, 0.15) is 0 Å². The lowest BCUT2D eigenvalue weighted by molar-refractivity contribution is -0.135. The first-order valence-corrected chi connectivity index (χ1v) is 6.23. The predicted octanol–water partition coefficient (Wildman–Crippen LogP) is 1.90. The van der Waals surface area contributed by atoms with Crippen LogP contribution in [0.2, 0.25) is 0 Å². The first-order chi connectivity index (χ1) is 8.91. The van der Waals surface area contributed by atoms with Crippen molar-refractivity contribution >= 4 is 13.7 Å². The van der Waals surface area contributed by atoms with Crippen LogP contribution in [0.15, 0.2) is 44.4 Å². The molecule has 0 aliphatic carbocycles. The van der Waals surface area contributed by atoms with Crippen molar-refractivity contribution in [3.8, 4) is 5.75 Å². The number of allylic oxidation sites excluding steroid dienone is 1. The van der Waals surface area contributed by atoms with E-state index in [1.54, 1.807) is 0 Å². The van der Waals surface area contributed by atoms with E-state index in [1.165, 1.54) is 13.0 Å². The van der Waals surface area contributed by atoms with Gasteiger partial charge in [0.05, 0.1) is 11.2 Å². The minimum Gasteiger partial charge on any atom is -0.475 e. The Morgan fingerprint density at radius 2 is 2.26 bits per heavy atom. The summed E-state index contributed by atoms with van der Waals surface area (Å²) in [5.41, 5.74) is -1.02. The van der Waals surface area contributed by atoms with E-state index < -0.39 is 30.9 Å². The second kappa shape index (κ2) is 5.96. The molecule has 1 atom stereocenters. The molecule has 1 aromatic heterocycles. The quantitative estimate of drug-likeness (QED) is 0.363. The molecule has 0 aliphatic rings. The Bertz CT molecular complexity index is 619. The molecule has 0 fully saturated rings. The lowest BCUT2D eigenvalue weighted by Gasteiger charge is -2.11. The Labute approximate surface area is 106 Å². The molecule has 1 heterocycles. The molecular formula is C9H8NO8P. The molecule has 0 saturated heterocycles. The van der Waals surface area contributed by atoms with Gasteiger partial charge in [0.25, 0.3) is 0 Å². The molecule has 10 heteroatoms. The Kier molecular flexibility index (Phi) is 4.60. The summed E-state index contributed by atoms with van der Waals surface area (Å²) in [5.74, 6) is -2.97. The summed E-state index contributed by atoms with van der Waals surface area (Å²) < 4.78 is 25.1. The van der Waals surface area contributed by atoms with E-state index in [1.807, 2.05) is 0 Å². The summed E-state index contributed by atoms with van der Waals surface area (Å²) >= 11 is 0. The smallest absolute Gasteiger partial charge is 0.475 e. The highest BCUT2D eigenvalue weighted by atomic mass is 31.2. The fraction of sp³-hybridized carbons (Fsp3) is 0.111. The van der Waals surface area contributed by atoms with Crippen molar-refractivity contribution < 1.29 is 27.9 Å². The van der Waals surface area contributed by atoms with Gasteiger partial charge in [0.15, 0.2) is 0 Å². The van der Waals surface area contributed by atoms with Crippen molar-refractivity contribution in [2.24, 2.45) is 4.95 Å². The molecule has 0 saturated carbocycles. The fourth-order valence-corrected chi connectivity index (χ4v) is 1.86. The van der Waals surface area contributed by atoms with E-state index in [0.717, 1.165) is 18.4 Å². The van der Waals surface area contributed by atoms with E-state index >= 15 is 0 Å². The summed E-state index contributed by atoms with van der Waals surface area (Å²) in [6.07, 6.45) is 1.97. The van der Waals surface area contributed by atoms with Gasteiger partial charge in [-0.3, -0.25) is 0 Å². The van der Waals surface area contributed by atoms with Crippen LogP contribution in [0, 0.1) is 4.91 Å². The molecule has 102 valence electrons. The van der Waals surface area contributed by atoms with Crippen LogP contribution < -0.4 is 10.1 Å². The number of aliphatic carboxylic acids is 1. The van der Waals surface area contributed by atoms with E-state index in [4.69, 9.17) is 5.11 Å². The molecule has 19 heavy (non-hydrogen) atoms. The van der Waals surface area contributed by atoms with Crippen molar-refractivity contribution in [1.82, 2.24) is 0 Å². The lowest BCUT2D eigenvalue weighted by Crippen LogP contribution is -2.08. The van der Waals surface area contributed by atoms with Gasteiger partial charge in [-0.1, -0.05) is 0 Å². The number of rotatable bonds is 6. The van der Waals surface area contributed by atoms with Crippen molar-refractivity contribution in [3.05, 3.63) is 45.6 Å². The second-order valence-electron chi connectivity index (χ2n) is 2.96. The van der Waals surface area contributed by atoms with Crippen LogP contribution in [0.5, 0.6) is 5.75 Å². The number of hydrogen-bond acceptors (Lipinski definition) is 7. The first kappa shape index (κ1) is 14.7. The van der Waals surface area contributed by atoms with Crippen LogP contribution in [0.1, 0.15) is 6.92 Å². The van der Waals surface area contributed by atoms with E-state index in [9.17, 15) is 19.1 Å². The molecule has 0 amide bonds. The SMILES string of the molecule is C/C=C(/OP(=O)(N=O)Oc1cccoc1=O)C(=O)O. The zero-order valence-electron chi connectivity index (χ0n) is 9.51. The van der Waals surface area contributed by atoms with Gasteiger partial charge in [0.2, 0.25) is 11.5 Å². The summed E-state index contributed by atoms with van der Waals surface area (Å²) in [5, 5.41) is 8.66. The second-order valence-corrected chi connectivity index (χ2v) is 4.42. The highest BCUT2D eigenvalue weighted by Gasteiger charge is 2.34. The van der Waals surface area contributed by atoms with E-state index in [0.29, 0.717) is 0 Å². The zero-order chi connectivity index (χ0) is 14.5.